The molecule has 1 aliphatic carbocycles. The van der Waals surface area contributed by atoms with Gasteiger partial charge in [-0.25, -0.2) is 0 Å². The van der Waals surface area contributed by atoms with E-state index in [-0.39, 0.29) is 18.5 Å². The van der Waals surface area contributed by atoms with Gasteiger partial charge in [-0.15, -0.1) is 0 Å². The Hall–Kier alpha value is -5.52. The first-order valence-electron chi connectivity index (χ1n) is 16.6. The number of hydrogen-bond donors (Lipinski definition) is 2. The van der Waals surface area contributed by atoms with Gasteiger partial charge < -0.3 is 20.7 Å². The van der Waals surface area contributed by atoms with Gasteiger partial charge in [-0.05, 0) is 56.3 Å². The largest absolute Gasteiger partial charge is 0.624 e. The summed E-state index contributed by atoms with van der Waals surface area (Å²) >= 11 is 0. The second-order valence-corrected chi connectivity index (χ2v) is 12.9. The molecule has 10 rings (SSSR count). The summed E-state index contributed by atoms with van der Waals surface area (Å²) in [7, 11) is 0. The van der Waals surface area contributed by atoms with Crippen LogP contribution < -0.4 is 15.4 Å². The molecule has 0 radical (unpaired) electrons. The van der Waals surface area contributed by atoms with E-state index in [0.717, 1.165) is 17.1 Å². The van der Waals surface area contributed by atoms with Crippen LogP contribution in [0.2, 0.25) is 0 Å². The molecule has 0 bridgehead atoms. The molecule has 0 saturated carbocycles. The molecule has 0 aromatic heterocycles. The third kappa shape index (κ3) is 4.01. The molecule has 2 N–H and O–H groups in total. The summed E-state index contributed by atoms with van der Waals surface area (Å²) < 4.78 is 6.56. The Labute approximate surface area is 280 Å². The Kier molecular flexibility index (Phi) is 6.18. The number of rotatable bonds is 3. The zero-order valence-corrected chi connectivity index (χ0v) is 26.2. The molecule has 1 fully saturated rings. The van der Waals surface area contributed by atoms with Gasteiger partial charge in [0.05, 0.1) is 11.6 Å². The first-order chi connectivity index (χ1) is 23.8. The van der Waals surface area contributed by atoms with Gasteiger partial charge in [-0.2, -0.15) is 0 Å². The fourth-order valence-electron chi connectivity index (χ4n) is 8.33. The van der Waals surface area contributed by atoms with Gasteiger partial charge in [-0.1, -0.05) is 170 Å². The molecule has 2 aliphatic heterocycles. The molecule has 1 spiro atoms. The smallest absolute Gasteiger partial charge is 0.132 e. The Morgan fingerprint density at radius 1 is 0.479 bits per heavy atom. The maximum atomic E-state index is 6.56. The monoisotopic (exact) mass is 618 g/mol. The van der Waals surface area contributed by atoms with Crippen molar-refractivity contribution in [3.63, 3.8) is 0 Å². The van der Waals surface area contributed by atoms with E-state index >= 15 is 0 Å². The van der Waals surface area contributed by atoms with Crippen molar-refractivity contribution in [2.75, 3.05) is 0 Å². The van der Waals surface area contributed by atoms with Crippen LogP contribution in [0.5, 0.6) is 11.5 Å². The molecule has 7 aromatic carbocycles. The standard InChI is InChI=1S/C44H32N3O/c1-2-14-29(15-3-1)41-45-42(31-26-25-28-13-4-5-16-30(28)27-31)47-43(46-41)33-18-12-22-37-40(33)32-17-6-7-19-34(32)44(37)35-20-8-10-23-38(35)48-39-24-11-9-21-36(39)44/h1-27,41-43,45-46H/q-1. The molecule has 4 nitrogen and oxygen atoms in total. The maximum Gasteiger partial charge on any atom is 0.132 e. The first kappa shape index (κ1) is 27.6. The average molecular weight is 619 g/mol. The molecule has 48 heavy (non-hydrogen) atoms. The topological polar surface area (TPSA) is 47.4 Å². The van der Waals surface area contributed by atoms with Crippen LogP contribution in [-0.2, 0) is 5.41 Å². The van der Waals surface area contributed by atoms with Crippen LogP contribution in [0, 0.1) is 0 Å². The zero-order chi connectivity index (χ0) is 31.7. The number of nitrogens with zero attached hydrogens (tertiary/aromatic N) is 1. The summed E-state index contributed by atoms with van der Waals surface area (Å²) in [6, 6.07) is 58.6. The van der Waals surface area contributed by atoms with Crippen LogP contribution in [0.1, 0.15) is 57.4 Å². The SMILES string of the molecule is c1ccc(C2NC(c3ccc4ccccc4c3)[N-]C(c3cccc4c3-c3ccccc3C43c4ccccc4Oc4ccccc43)N2)cc1. The second-order valence-electron chi connectivity index (χ2n) is 12.9. The number of ether oxygens (including phenoxy) is 1. The molecular formula is C44H32N3O-. The van der Waals surface area contributed by atoms with Crippen LogP contribution in [0.25, 0.3) is 27.2 Å². The molecule has 1 saturated heterocycles. The quantitative estimate of drug-likeness (QED) is 0.207. The Balaban J connectivity index is 1.18. The normalized spacial score (nSPS) is 20.0. The minimum atomic E-state index is -0.517. The molecule has 230 valence electrons. The van der Waals surface area contributed by atoms with Crippen LogP contribution in [0.4, 0.5) is 0 Å². The number of benzene rings is 7. The highest BCUT2D eigenvalue weighted by Crippen LogP contribution is 2.63. The van der Waals surface area contributed by atoms with Crippen molar-refractivity contribution in [3.8, 4) is 22.6 Å². The first-order valence-corrected chi connectivity index (χ1v) is 16.6. The molecular weight excluding hydrogens is 587 g/mol. The van der Waals surface area contributed by atoms with Gasteiger partial charge in [0.2, 0.25) is 0 Å². The highest BCUT2D eigenvalue weighted by Gasteiger charge is 2.51. The minimum Gasteiger partial charge on any atom is -0.624 e. The van der Waals surface area contributed by atoms with Gasteiger partial charge in [0.1, 0.15) is 11.5 Å². The summed E-state index contributed by atoms with van der Waals surface area (Å²) in [5.74, 6) is 1.80. The number of hydrogen-bond acceptors (Lipinski definition) is 3. The van der Waals surface area contributed by atoms with E-state index in [2.05, 4.69) is 174 Å². The Morgan fingerprint density at radius 2 is 1.10 bits per heavy atom. The van der Waals surface area contributed by atoms with E-state index in [1.807, 2.05) is 0 Å². The second kappa shape index (κ2) is 10.8. The van der Waals surface area contributed by atoms with Crippen LogP contribution in [0.3, 0.4) is 0 Å². The number of nitrogens with one attached hydrogen (secondary N) is 2. The minimum absolute atomic E-state index is 0.101. The van der Waals surface area contributed by atoms with Crippen molar-refractivity contribution < 1.29 is 4.74 Å². The lowest BCUT2D eigenvalue weighted by Crippen LogP contribution is -2.44. The van der Waals surface area contributed by atoms with Crippen molar-refractivity contribution in [2.45, 2.75) is 23.9 Å². The lowest BCUT2D eigenvalue weighted by Gasteiger charge is -2.51. The molecule has 4 heteroatoms. The highest BCUT2D eigenvalue weighted by molar-refractivity contribution is 5.90. The predicted octanol–water partition coefficient (Wildman–Crippen LogP) is 10.3. The fourth-order valence-corrected chi connectivity index (χ4v) is 8.33. The maximum absolute atomic E-state index is 6.56. The Bertz CT molecular complexity index is 2300. The van der Waals surface area contributed by atoms with Crippen molar-refractivity contribution in [2.24, 2.45) is 0 Å². The zero-order valence-electron chi connectivity index (χ0n) is 26.2. The van der Waals surface area contributed by atoms with E-state index in [9.17, 15) is 0 Å². The van der Waals surface area contributed by atoms with E-state index in [1.54, 1.807) is 0 Å². The number of fused-ring (bicyclic) bond motifs is 10. The summed E-state index contributed by atoms with van der Waals surface area (Å²) in [6.07, 6.45) is -0.579. The van der Waals surface area contributed by atoms with Crippen LogP contribution in [-0.4, -0.2) is 0 Å². The molecule has 3 atom stereocenters. The van der Waals surface area contributed by atoms with Crippen LogP contribution >= 0.6 is 0 Å². The van der Waals surface area contributed by atoms with Crippen molar-refractivity contribution in [3.05, 3.63) is 208 Å². The highest BCUT2D eigenvalue weighted by atomic mass is 16.5. The number of para-hydroxylation sites is 2. The van der Waals surface area contributed by atoms with E-state index in [1.165, 1.54) is 55.3 Å². The molecule has 3 unspecified atom stereocenters. The van der Waals surface area contributed by atoms with Crippen molar-refractivity contribution >= 4 is 10.8 Å². The third-order valence-corrected chi connectivity index (χ3v) is 10.4. The van der Waals surface area contributed by atoms with Crippen molar-refractivity contribution in [1.82, 2.24) is 10.6 Å². The van der Waals surface area contributed by atoms with Gasteiger partial charge in [0.15, 0.2) is 0 Å². The lowest BCUT2D eigenvalue weighted by atomic mass is 9.66. The molecule has 2 heterocycles. The van der Waals surface area contributed by atoms with E-state index in [4.69, 9.17) is 10.1 Å². The molecule has 7 aromatic rings. The fraction of sp³-hybridized carbons (Fsp3) is 0.0909. The summed E-state index contributed by atoms with van der Waals surface area (Å²) in [4.78, 5) is 0. The summed E-state index contributed by atoms with van der Waals surface area (Å²) in [5.41, 5.74) is 10.3. The molecule has 3 aliphatic rings. The lowest BCUT2D eigenvalue weighted by molar-refractivity contribution is 0.316. The average Bonchev–Trinajstić information content (AvgIpc) is 3.46. The van der Waals surface area contributed by atoms with Gasteiger partial charge in [0.25, 0.3) is 0 Å². The molecule has 0 amide bonds. The van der Waals surface area contributed by atoms with E-state index in [0.29, 0.717) is 0 Å². The van der Waals surface area contributed by atoms with Gasteiger partial charge in [0, 0.05) is 11.1 Å². The van der Waals surface area contributed by atoms with Gasteiger partial charge in [-0.3, -0.25) is 0 Å². The van der Waals surface area contributed by atoms with Crippen LogP contribution in [0.15, 0.2) is 164 Å². The third-order valence-electron chi connectivity index (χ3n) is 10.4. The summed E-state index contributed by atoms with van der Waals surface area (Å²) in [6.45, 7) is 0. The Morgan fingerprint density at radius 3 is 1.90 bits per heavy atom. The van der Waals surface area contributed by atoms with Gasteiger partial charge >= 0.3 is 0 Å². The van der Waals surface area contributed by atoms with Crippen molar-refractivity contribution in [1.29, 1.82) is 0 Å². The van der Waals surface area contributed by atoms with E-state index < -0.39 is 5.41 Å². The predicted molar refractivity (Wildman–Crippen MR) is 192 cm³/mol. The summed E-state index contributed by atoms with van der Waals surface area (Å²) in [5, 5.41) is 15.7.